The first kappa shape index (κ1) is 17.7. The zero-order chi connectivity index (χ0) is 18.5. The van der Waals surface area contributed by atoms with Gasteiger partial charge in [-0.25, -0.2) is 4.98 Å². The molecule has 1 aromatic carbocycles. The van der Waals surface area contributed by atoms with E-state index in [0.29, 0.717) is 0 Å². The molecule has 0 bridgehead atoms. The molecule has 1 aromatic heterocycles. The minimum atomic E-state index is -0.0999. The third-order valence-electron chi connectivity index (χ3n) is 5.31. The Hall–Kier alpha value is -2.69. The summed E-state index contributed by atoms with van der Waals surface area (Å²) in [6.07, 6.45) is 13.6. The maximum atomic E-state index is 6.08. The highest BCUT2D eigenvalue weighted by atomic mass is 16.5. The highest BCUT2D eigenvalue weighted by Gasteiger charge is 2.35. The highest BCUT2D eigenvalue weighted by Crippen LogP contribution is 2.33. The lowest BCUT2D eigenvalue weighted by Crippen LogP contribution is -2.52. The largest absolute Gasteiger partial charge is 0.371 e. The van der Waals surface area contributed by atoms with Gasteiger partial charge >= 0.3 is 0 Å². The Morgan fingerprint density at radius 2 is 2.07 bits per heavy atom. The van der Waals surface area contributed by atoms with Gasteiger partial charge in [0.15, 0.2) is 0 Å². The Morgan fingerprint density at radius 3 is 2.78 bits per heavy atom. The van der Waals surface area contributed by atoms with Crippen molar-refractivity contribution in [3.63, 3.8) is 0 Å². The van der Waals surface area contributed by atoms with Crippen LogP contribution in [0.1, 0.15) is 18.1 Å². The lowest BCUT2D eigenvalue weighted by molar-refractivity contribution is -0.0511. The number of allylic oxidation sites excluding steroid dienone is 2. The van der Waals surface area contributed by atoms with Gasteiger partial charge in [0.1, 0.15) is 5.82 Å². The molecule has 2 heterocycles. The normalized spacial score (nSPS) is 25.3. The van der Waals surface area contributed by atoms with Crippen molar-refractivity contribution in [2.24, 2.45) is 0 Å². The molecule has 27 heavy (non-hydrogen) atoms. The molecule has 0 radical (unpaired) electrons. The second kappa shape index (κ2) is 7.91. The molecular weight excluding hydrogens is 334 g/mol. The SMILES string of the molecule is C=C[C@@]1(N2CCO[C@@H](c3ccc(Nc4ccccn4)cc3)C2)C=CC=CC1. The molecule has 2 aromatic rings. The van der Waals surface area contributed by atoms with Gasteiger partial charge in [-0.15, -0.1) is 6.58 Å². The Balaban J connectivity index is 1.46. The van der Waals surface area contributed by atoms with Crippen LogP contribution in [0.3, 0.4) is 0 Å². The number of morpholine rings is 1. The van der Waals surface area contributed by atoms with Crippen LogP contribution in [0.2, 0.25) is 0 Å². The fraction of sp³-hybridized carbons (Fsp3) is 0.261. The van der Waals surface area contributed by atoms with Crippen molar-refractivity contribution in [1.82, 2.24) is 9.88 Å². The van der Waals surface area contributed by atoms with Crippen molar-refractivity contribution in [1.29, 1.82) is 0 Å². The summed E-state index contributed by atoms with van der Waals surface area (Å²) in [7, 11) is 0. The quantitative estimate of drug-likeness (QED) is 0.789. The van der Waals surface area contributed by atoms with Gasteiger partial charge in [0.05, 0.1) is 18.2 Å². The molecule has 1 saturated heterocycles. The lowest BCUT2D eigenvalue weighted by atomic mass is 9.88. The van der Waals surface area contributed by atoms with Crippen molar-refractivity contribution < 1.29 is 4.74 Å². The molecule has 1 aliphatic heterocycles. The first-order valence-corrected chi connectivity index (χ1v) is 9.42. The third kappa shape index (κ3) is 3.87. The van der Waals surface area contributed by atoms with E-state index in [1.165, 1.54) is 5.56 Å². The van der Waals surface area contributed by atoms with E-state index < -0.39 is 0 Å². The summed E-state index contributed by atoms with van der Waals surface area (Å²) in [6, 6.07) is 14.3. The number of ether oxygens (including phenoxy) is 1. The summed E-state index contributed by atoms with van der Waals surface area (Å²) in [5, 5.41) is 3.32. The molecule has 0 saturated carbocycles. The smallest absolute Gasteiger partial charge is 0.130 e. The van der Waals surface area contributed by atoms with Gasteiger partial charge in [0, 0.05) is 25.0 Å². The van der Waals surface area contributed by atoms with Gasteiger partial charge in [-0.3, -0.25) is 4.90 Å². The zero-order valence-corrected chi connectivity index (χ0v) is 15.4. The fourth-order valence-electron chi connectivity index (χ4n) is 3.74. The van der Waals surface area contributed by atoms with Gasteiger partial charge in [-0.05, 0) is 36.2 Å². The van der Waals surface area contributed by atoms with Crippen molar-refractivity contribution in [3.8, 4) is 0 Å². The van der Waals surface area contributed by atoms with Crippen molar-refractivity contribution >= 4 is 11.5 Å². The molecule has 0 unspecified atom stereocenters. The average molecular weight is 359 g/mol. The summed E-state index contributed by atoms with van der Waals surface area (Å²) in [4.78, 5) is 6.78. The number of aromatic nitrogens is 1. The van der Waals surface area contributed by atoms with Crippen LogP contribution in [-0.2, 0) is 4.74 Å². The van der Waals surface area contributed by atoms with Crippen LogP contribution < -0.4 is 5.32 Å². The molecule has 1 aliphatic carbocycles. The maximum Gasteiger partial charge on any atom is 0.130 e. The van der Waals surface area contributed by atoms with Crippen LogP contribution in [0.4, 0.5) is 11.5 Å². The molecule has 138 valence electrons. The van der Waals surface area contributed by atoms with E-state index in [1.807, 2.05) is 18.2 Å². The number of anilines is 2. The van der Waals surface area contributed by atoms with Crippen LogP contribution in [0.15, 0.2) is 85.6 Å². The number of pyridine rings is 1. The summed E-state index contributed by atoms with van der Waals surface area (Å²) in [5.41, 5.74) is 2.12. The molecule has 1 N–H and O–H groups in total. The number of benzene rings is 1. The van der Waals surface area contributed by atoms with Crippen LogP contribution in [0, 0.1) is 0 Å². The first-order valence-electron chi connectivity index (χ1n) is 9.42. The highest BCUT2D eigenvalue weighted by molar-refractivity contribution is 5.56. The Kier molecular flexibility index (Phi) is 5.19. The molecule has 0 amide bonds. The fourth-order valence-corrected chi connectivity index (χ4v) is 3.74. The Bertz CT molecular complexity index is 828. The molecular formula is C23H25N3O. The monoisotopic (exact) mass is 359 g/mol. The molecule has 0 spiro atoms. The number of nitrogens with zero attached hydrogens (tertiary/aromatic N) is 2. The minimum Gasteiger partial charge on any atom is -0.371 e. The molecule has 2 atom stereocenters. The Morgan fingerprint density at radius 1 is 1.19 bits per heavy atom. The predicted octanol–water partition coefficient (Wildman–Crippen LogP) is 4.64. The summed E-state index contributed by atoms with van der Waals surface area (Å²) >= 11 is 0. The molecule has 2 aliphatic rings. The van der Waals surface area contributed by atoms with E-state index in [9.17, 15) is 0 Å². The topological polar surface area (TPSA) is 37.4 Å². The van der Waals surface area contributed by atoms with E-state index in [4.69, 9.17) is 4.74 Å². The second-order valence-corrected chi connectivity index (χ2v) is 6.95. The summed E-state index contributed by atoms with van der Waals surface area (Å²) in [5.74, 6) is 0.843. The second-order valence-electron chi connectivity index (χ2n) is 6.95. The molecule has 4 heteroatoms. The molecule has 1 fully saturated rings. The average Bonchev–Trinajstić information content (AvgIpc) is 2.76. The molecule has 4 rings (SSSR count). The van der Waals surface area contributed by atoms with Gasteiger partial charge < -0.3 is 10.1 Å². The number of hydrogen-bond donors (Lipinski definition) is 1. The Labute approximate surface area is 160 Å². The van der Waals surface area contributed by atoms with E-state index in [0.717, 1.165) is 37.6 Å². The van der Waals surface area contributed by atoms with Gasteiger partial charge in [0.25, 0.3) is 0 Å². The standard InChI is InChI=1S/C23H25N3O/c1-2-23(13-5-3-6-14-23)26-16-17-27-21(18-26)19-9-11-20(12-10-19)25-22-8-4-7-15-24-22/h2-13,15,21H,1,14,16-18H2,(H,24,25)/t21-,23-/m1/s1. The van der Waals surface area contributed by atoms with Crippen LogP contribution in [-0.4, -0.2) is 35.1 Å². The van der Waals surface area contributed by atoms with E-state index in [1.54, 1.807) is 6.20 Å². The van der Waals surface area contributed by atoms with E-state index >= 15 is 0 Å². The van der Waals surface area contributed by atoms with E-state index in [-0.39, 0.29) is 11.6 Å². The number of hydrogen-bond acceptors (Lipinski definition) is 4. The van der Waals surface area contributed by atoms with Gasteiger partial charge in [-0.2, -0.15) is 0 Å². The predicted molar refractivity (Wildman–Crippen MR) is 110 cm³/mol. The summed E-state index contributed by atoms with van der Waals surface area (Å²) < 4.78 is 6.08. The number of rotatable bonds is 5. The van der Waals surface area contributed by atoms with Crippen molar-refractivity contribution in [2.75, 3.05) is 25.0 Å². The molecule has 4 nitrogen and oxygen atoms in total. The van der Waals surface area contributed by atoms with Crippen molar-refractivity contribution in [2.45, 2.75) is 18.1 Å². The summed E-state index contributed by atoms with van der Waals surface area (Å²) in [6.45, 7) is 6.60. The van der Waals surface area contributed by atoms with Crippen LogP contribution >= 0.6 is 0 Å². The zero-order valence-electron chi connectivity index (χ0n) is 15.4. The lowest BCUT2D eigenvalue weighted by Gasteiger charge is -2.45. The van der Waals surface area contributed by atoms with Gasteiger partial charge in [-0.1, -0.05) is 48.6 Å². The van der Waals surface area contributed by atoms with Crippen LogP contribution in [0.5, 0.6) is 0 Å². The minimum absolute atomic E-state index is 0.0683. The first-order chi connectivity index (χ1) is 13.3. The van der Waals surface area contributed by atoms with Crippen molar-refractivity contribution in [3.05, 3.63) is 91.2 Å². The number of nitrogens with one attached hydrogen (secondary N) is 1. The van der Waals surface area contributed by atoms with E-state index in [2.05, 4.69) is 76.4 Å². The van der Waals surface area contributed by atoms with Gasteiger partial charge in [0.2, 0.25) is 0 Å². The van der Waals surface area contributed by atoms with Crippen LogP contribution in [0.25, 0.3) is 0 Å². The maximum absolute atomic E-state index is 6.08. The third-order valence-corrected chi connectivity index (χ3v) is 5.31.